The highest BCUT2D eigenvalue weighted by Gasteiger charge is 2.29. The van der Waals surface area contributed by atoms with E-state index in [9.17, 15) is 9.59 Å². The van der Waals surface area contributed by atoms with Crippen LogP contribution in [-0.2, 0) is 14.4 Å². The first-order valence-electron chi connectivity index (χ1n) is 8.07. The lowest BCUT2D eigenvalue weighted by molar-refractivity contribution is -0.121. The summed E-state index contributed by atoms with van der Waals surface area (Å²) in [6.45, 7) is 5.86. The van der Waals surface area contributed by atoms with Crippen molar-refractivity contribution in [3.63, 3.8) is 0 Å². The van der Waals surface area contributed by atoms with Gasteiger partial charge in [-0.05, 0) is 26.3 Å². The summed E-state index contributed by atoms with van der Waals surface area (Å²) in [6.07, 6.45) is 1.60. The van der Waals surface area contributed by atoms with Crippen LogP contribution in [0.5, 0.6) is 0 Å². The third kappa shape index (κ3) is 6.02. The lowest BCUT2D eigenvalue weighted by Gasteiger charge is -2.25. The number of oxime groups is 1. The van der Waals surface area contributed by atoms with Gasteiger partial charge >= 0.3 is 6.09 Å². The maximum absolute atomic E-state index is 12.1. The predicted octanol–water partition coefficient (Wildman–Crippen LogP) is 3.01. The molecule has 0 aliphatic carbocycles. The fourth-order valence-electron chi connectivity index (χ4n) is 2.30. The van der Waals surface area contributed by atoms with Crippen LogP contribution >= 0.6 is 0 Å². The van der Waals surface area contributed by atoms with Crippen molar-refractivity contribution in [1.29, 1.82) is 0 Å². The molecule has 0 radical (unpaired) electrons. The second-order valence-corrected chi connectivity index (χ2v) is 6.81. The Kier molecular flexibility index (Phi) is 5.95. The minimum absolute atomic E-state index is 0.0528. The Morgan fingerprint density at radius 1 is 1.29 bits per heavy atom. The molecule has 0 spiro atoms. The van der Waals surface area contributed by atoms with Gasteiger partial charge in [-0.15, -0.1) is 0 Å². The second kappa shape index (κ2) is 7.95. The molecular weight excluding hydrogens is 308 g/mol. The molecule has 6 nitrogen and oxygen atoms in total. The maximum atomic E-state index is 12.1. The van der Waals surface area contributed by atoms with Crippen molar-refractivity contribution in [2.75, 3.05) is 13.1 Å². The van der Waals surface area contributed by atoms with E-state index >= 15 is 0 Å². The maximum Gasteiger partial charge on any atom is 0.410 e. The summed E-state index contributed by atoms with van der Waals surface area (Å²) < 4.78 is 5.32. The van der Waals surface area contributed by atoms with Gasteiger partial charge < -0.3 is 14.5 Å². The Bertz CT molecular complexity index is 593. The highest BCUT2D eigenvalue weighted by molar-refractivity contribution is 5.85. The van der Waals surface area contributed by atoms with Gasteiger partial charge in [0.2, 0.25) is 0 Å². The Hall–Kier alpha value is -2.37. The van der Waals surface area contributed by atoms with Crippen LogP contribution in [0.2, 0.25) is 0 Å². The largest absolute Gasteiger partial charge is 0.444 e. The van der Waals surface area contributed by atoms with Crippen molar-refractivity contribution in [3.8, 4) is 0 Å². The Morgan fingerprint density at radius 2 is 2.00 bits per heavy atom. The van der Waals surface area contributed by atoms with Gasteiger partial charge in [-0.3, -0.25) is 4.79 Å². The highest BCUT2D eigenvalue weighted by atomic mass is 16.6. The molecule has 0 bridgehead atoms. The second-order valence-electron chi connectivity index (χ2n) is 6.81. The minimum atomic E-state index is -0.581. The molecule has 1 heterocycles. The van der Waals surface area contributed by atoms with Crippen LogP contribution in [0, 0.1) is 0 Å². The lowest BCUT2D eigenvalue weighted by Crippen LogP contribution is -2.39. The van der Waals surface area contributed by atoms with E-state index in [2.05, 4.69) is 5.16 Å². The van der Waals surface area contributed by atoms with Crippen LogP contribution in [0.1, 0.15) is 39.2 Å². The first kappa shape index (κ1) is 18.0. The van der Waals surface area contributed by atoms with E-state index in [0.717, 1.165) is 5.56 Å². The summed E-state index contributed by atoms with van der Waals surface area (Å²) in [6, 6.07) is 9.57. The van der Waals surface area contributed by atoms with Gasteiger partial charge in [0, 0.05) is 19.4 Å². The van der Waals surface area contributed by atoms with Crippen LogP contribution in [0.4, 0.5) is 4.79 Å². The Balaban J connectivity index is 1.88. The first-order chi connectivity index (χ1) is 11.3. The molecule has 1 fully saturated rings. The predicted molar refractivity (Wildman–Crippen MR) is 91.0 cm³/mol. The highest BCUT2D eigenvalue weighted by Crippen LogP contribution is 2.16. The number of carbonyl (C=O) groups excluding carboxylic acids is 2. The van der Waals surface area contributed by atoms with Gasteiger partial charge in [-0.25, -0.2) is 4.79 Å². The zero-order valence-corrected chi connectivity index (χ0v) is 14.4. The molecule has 1 aliphatic heterocycles. The number of nitrogens with zero attached hydrogens (tertiary/aromatic N) is 2. The molecular formula is C18H24N2O4. The molecule has 24 heavy (non-hydrogen) atoms. The smallest absolute Gasteiger partial charge is 0.410 e. The normalized spacial score (nSPS) is 19.2. The lowest BCUT2D eigenvalue weighted by atomic mass is 10.1. The molecule has 0 N–H and O–H groups in total. The van der Waals surface area contributed by atoms with E-state index in [1.54, 1.807) is 27.0 Å². The minimum Gasteiger partial charge on any atom is -0.444 e. The van der Waals surface area contributed by atoms with Crippen LogP contribution in [0.25, 0.3) is 0 Å². The van der Waals surface area contributed by atoms with Gasteiger partial charge in [0.25, 0.3) is 0 Å². The third-order valence-corrected chi connectivity index (χ3v) is 3.41. The standard InChI is InChI=1S/C18H24N2O4/c1-18(2,3)23-17(22)20-10-9-16(11-15(21)13-20)24-19-12-14-7-5-4-6-8-14/h4-8,12,16H,9-11,13H2,1-3H3/b19-12+. The summed E-state index contributed by atoms with van der Waals surface area (Å²) >= 11 is 0. The van der Waals surface area contributed by atoms with Crippen molar-refractivity contribution in [3.05, 3.63) is 35.9 Å². The summed E-state index contributed by atoms with van der Waals surface area (Å²) in [5, 5.41) is 3.96. The number of hydrogen-bond donors (Lipinski definition) is 0. The van der Waals surface area contributed by atoms with Gasteiger partial charge in [0.05, 0.1) is 12.8 Å². The van der Waals surface area contributed by atoms with Crippen LogP contribution in [-0.4, -0.2) is 47.8 Å². The van der Waals surface area contributed by atoms with Gasteiger partial charge in [0.15, 0.2) is 5.78 Å². The van der Waals surface area contributed by atoms with E-state index in [-0.39, 0.29) is 24.9 Å². The average molecular weight is 332 g/mol. The van der Waals surface area contributed by atoms with Gasteiger partial charge in [-0.1, -0.05) is 35.5 Å². The monoisotopic (exact) mass is 332 g/mol. The topological polar surface area (TPSA) is 68.2 Å². The molecule has 0 aromatic heterocycles. The quantitative estimate of drug-likeness (QED) is 0.630. The number of amides is 1. The first-order valence-corrected chi connectivity index (χ1v) is 8.07. The van der Waals surface area contributed by atoms with E-state index < -0.39 is 11.7 Å². The molecule has 0 saturated carbocycles. The molecule has 1 saturated heterocycles. The third-order valence-electron chi connectivity index (χ3n) is 3.41. The average Bonchev–Trinajstić information content (AvgIpc) is 2.68. The van der Waals surface area contributed by atoms with E-state index in [4.69, 9.17) is 9.57 Å². The number of hydrogen-bond acceptors (Lipinski definition) is 5. The van der Waals surface area contributed by atoms with Crippen molar-refractivity contribution >= 4 is 18.1 Å². The van der Waals surface area contributed by atoms with Crippen molar-refractivity contribution < 1.29 is 19.2 Å². The number of ether oxygens (including phenoxy) is 1. The summed E-state index contributed by atoms with van der Waals surface area (Å²) in [5.74, 6) is -0.0572. The number of ketones is 1. The molecule has 1 atom stereocenters. The fraction of sp³-hybridized carbons (Fsp3) is 0.500. The summed E-state index contributed by atoms with van der Waals surface area (Å²) in [7, 11) is 0. The zero-order valence-electron chi connectivity index (χ0n) is 14.4. The number of rotatable bonds is 3. The number of Topliss-reactive ketones (excluding diaryl/α,β-unsaturated/α-hetero) is 1. The van der Waals surface area contributed by atoms with Gasteiger partial charge in [-0.2, -0.15) is 0 Å². The van der Waals surface area contributed by atoms with E-state index in [1.807, 2.05) is 30.3 Å². The van der Waals surface area contributed by atoms with Crippen molar-refractivity contribution in [1.82, 2.24) is 4.90 Å². The molecule has 1 unspecified atom stereocenters. The molecule has 1 aromatic rings. The summed E-state index contributed by atoms with van der Waals surface area (Å²) in [4.78, 5) is 31.0. The fourth-order valence-corrected chi connectivity index (χ4v) is 2.30. The van der Waals surface area contributed by atoms with Crippen LogP contribution in [0.15, 0.2) is 35.5 Å². The SMILES string of the molecule is CC(C)(C)OC(=O)N1CCC(O/N=C/c2ccccc2)CC(=O)C1. The molecule has 1 amide bonds. The van der Waals surface area contributed by atoms with Crippen LogP contribution in [0.3, 0.4) is 0 Å². The molecule has 130 valence electrons. The number of likely N-dealkylation sites (tertiary alicyclic amines) is 1. The molecule has 6 heteroatoms. The molecule has 1 aromatic carbocycles. The number of benzene rings is 1. The molecule has 2 rings (SSSR count). The zero-order chi connectivity index (χ0) is 17.6. The number of carbonyl (C=O) groups is 2. The van der Waals surface area contributed by atoms with Crippen molar-refractivity contribution in [2.24, 2.45) is 5.16 Å². The van der Waals surface area contributed by atoms with E-state index in [0.29, 0.717) is 13.0 Å². The van der Waals surface area contributed by atoms with Gasteiger partial charge in [0.1, 0.15) is 11.7 Å². The molecule has 1 aliphatic rings. The Morgan fingerprint density at radius 3 is 2.67 bits per heavy atom. The Labute approximate surface area is 142 Å². The summed E-state index contributed by atoms with van der Waals surface area (Å²) in [5.41, 5.74) is 0.343. The van der Waals surface area contributed by atoms with Crippen LogP contribution < -0.4 is 0 Å². The van der Waals surface area contributed by atoms with E-state index in [1.165, 1.54) is 4.90 Å². The van der Waals surface area contributed by atoms with Crippen molar-refractivity contribution in [2.45, 2.75) is 45.3 Å².